The van der Waals surface area contributed by atoms with Gasteiger partial charge in [0.2, 0.25) is 5.91 Å². The van der Waals surface area contributed by atoms with Crippen LogP contribution in [0.5, 0.6) is 0 Å². The fourth-order valence-electron chi connectivity index (χ4n) is 3.01. The van der Waals surface area contributed by atoms with Crippen molar-refractivity contribution in [3.8, 4) is 5.69 Å². The first-order valence-electron chi connectivity index (χ1n) is 10.1. The van der Waals surface area contributed by atoms with Crippen molar-refractivity contribution < 1.29 is 4.79 Å². The van der Waals surface area contributed by atoms with Gasteiger partial charge in [0.15, 0.2) is 5.16 Å². The molecule has 1 N–H and O–H groups in total. The van der Waals surface area contributed by atoms with Gasteiger partial charge in [-0.2, -0.15) is 0 Å². The predicted octanol–water partition coefficient (Wildman–Crippen LogP) is 6.91. The molecule has 0 aliphatic carbocycles. The minimum absolute atomic E-state index is 0.170. The summed E-state index contributed by atoms with van der Waals surface area (Å²) in [6.45, 7) is 2.07. The van der Waals surface area contributed by atoms with Crippen LogP contribution in [0.4, 0.5) is 5.69 Å². The van der Waals surface area contributed by atoms with E-state index in [9.17, 15) is 4.79 Å². The van der Waals surface area contributed by atoms with Crippen molar-refractivity contribution in [1.29, 1.82) is 0 Å². The summed E-state index contributed by atoms with van der Waals surface area (Å²) in [5, 5.41) is 13.1. The number of anilines is 1. The Morgan fingerprint density at radius 2 is 1.70 bits per heavy atom. The first kappa shape index (κ1) is 23.7. The van der Waals surface area contributed by atoms with Crippen molar-refractivity contribution in [3.63, 3.8) is 0 Å². The predicted molar refractivity (Wildman–Crippen MR) is 138 cm³/mol. The molecule has 1 heterocycles. The lowest BCUT2D eigenvalue weighted by atomic mass is 10.2. The number of halogens is 2. The van der Waals surface area contributed by atoms with Crippen LogP contribution in [0.1, 0.15) is 11.4 Å². The van der Waals surface area contributed by atoms with Gasteiger partial charge in [-0.3, -0.25) is 9.36 Å². The number of rotatable bonds is 8. The highest BCUT2D eigenvalue weighted by atomic mass is 35.5. The minimum atomic E-state index is -0.170. The molecular weight excluding hydrogens is 495 g/mol. The van der Waals surface area contributed by atoms with Crippen LogP contribution in [0.15, 0.2) is 82.8 Å². The smallest absolute Gasteiger partial charge is 0.234 e. The van der Waals surface area contributed by atoms with E-state index in [0.29, 0.717) is 26.6 Å². The molecule has 1 aromatic heterocycles. The van der Waals surface area contributed by atoms with E-state index in [1.807, 2.05) is 34.9 Å². The number of carbonyl (C=O) groups is 1. The Labute approximate surface area is 210 Å². The van der Waals surface area contributed by atoms with Gasteiger partial charge in [-0.15, -0.1) is 22.0 Å². The van der Waals surface area contributed by atoms with Crippen LogP contribution in [0, 0.1) is 6.92 Å². The molecule has 5 nitrogen and oxygen atoms in total. The van der Waals surface area contributed by atoms with Gasteiger partial charge in [0.25, 0.3) is 0 Å². The third kappa shape index (κ3) is 6.32. The Bertz CT molecular complexity index is 1250. The SMILES string of the molecule is Cc1ccc(SCc2nnc(SCC(=O)Nc3ccc(Cl)c(Cl)c3)n2-c2ccccc2)cc1. The second-order valence-electron chi connectivity index (χ2n) is 7.14. The molecule has 0 unspecified atom stereocenters. The van der Waals surface area contributed by atoms with E-state index in [4.69, 9.17) is 23.2 Å². The summed E-state index contributed by atoms with van der Waals surface area (Å²) in [5.41, 5.74) is 2.77. The number of hydrogen-bond acceptors (Lipinski definition) is 5. The van der Waals surface area contributed by atoms with E-state index in [1.165, 1.54) is 22.2 Å². The van der Waals surface area contributed by atoms with Gasteiger partial charge in [-0.05, 0) is 49.4 Å². The Balaban J connectivity index is 1.48. The number of aryl methyl sites for hydroxylation is 1. The number of benzene rings is 3. The van der Waals surface area contributed by atoms with Crippen molar-refractivity contribution in [2.75, 3.05) is 11.1 Å². The fourth-order valence-corrected chi connectivity index (χ4v) is 4.89. The molecule has 0 aliphatic heterocycles. The lowest BCUT2D eigenvalue weighted by Crippen LogP contribution is -2.14. The summed E-state index contributed by atoms with van der Waals surface area (Å²) in [5.74, 6) is 1.48. The van der Waals surface area contributed by atoms with Crippen LogP contribution in [-0.2, 0) is 10.5 Å². The lowest BCUT2D eigenvalue weighted by Gasteiger charge is -2.10. The van der Waals surface area contributed by atoms with Gasteiger partial charge >= 0.3 is 0 Å². The van der Waals surface area contributed by atoms with Crippen molar-refractivity contribution in [2.45, 2.75) is 22.7 Å². The van der Waals surface area contributed by atoms with Crippen LogP contribution in [0.3, 0.4) is 0 Å². The molecular formula is C24H20Cl2N4OS2. The van der Waals surface area contributed by atoms with Crippen LogP contribution in [0.2, 0.25) is 10.0 Å². The topological polar surface area (TPSA) is 59.8 Å². The quantitative estimate of drug-likeness (QED) is 0.259. The van der Waals surface area contributed by atoms with Crippen molar-refractivity contribution in [1.82, 2.24) is 14.8 Å². The number of carbonyl (C=O) groups excluding carboxylic acids is 1. The average Bonchev–Trinajstić information content (AvgIpc) is 3.23. The molecule has 0 radical (unpaired) electrons. The number of nitrogens with zero attached hydrogens (tertiary/aromatic N) is 3. The molecule has 4 rings (SSSR count). The van der Waals surface area contributed by atoms with E-state index < -0.39 is 0 Å². The Hall–Kier alpha value is -2.45. The van der Waals surface area contributed by atoms with Crippen LogP contribution in [0.25, 0.3) is 5.69 Å². The number of hydrogen-bond donors (Lipinski definition) is 1. The maximum Gasteiger partial charge on any atom is 0.234 e. The zero-order valence-corrected chi connectivity index (χ0v) is 20.8. The normalized spacial score (nSPS) is 10.9. The monoisotopic (exact) mass is 514 g/mol. The number of thioether (sulfide) groups is 2. The number of amides is 1. The highest BCUT2D eigenvalue weighted by Crippen LogP contribution is 2.28. The summed E-state index contributed by atoms with van der Waals surface area (Å²) in [6, 6.07) is 23.3. The Morgan fingerprint density at radius 1 is 0.939 bits per heavy atom. The summed E-state index contributed by atoms with van der Waals surface area (Å²) < 4.78 is 2.00. The van der Waals surface area contributed by atoms with E-state index in [-0.39, 0.29) is 11.7 Å². The van der Waals surface area contributed by atoms with E-state index in [2.05, 4.69) is 46.7 Å². The second-order valence-corrected chi connectivity index (χ2v) is 9.94. The highest BCUT2D eigenvalue weighted by molar-refractivity contribution is 7.99. The highest BCUT2D eigenvalue weighted by Gasteiger charge is 2.16. The third-order valence-corrected chi connectivity index (χ3v) is 7.32. The number of para-hydroxylation sites is 1. The maximum absolute atomic E-state index is 12.5. The Morgan fingerprint density at radius 3 is 2.42 bits per heavy atom. The molecule has 9 heteroatoms. The van der Waals surface area contributed by atoms with Gasteiger partial charge in [0, 0.05) is 16.3 Å². The van der Waals surface area contributed by atoms with E-state index in [0.717, 1.165) is 11.5 Å². The zero-order chi connectivity index (χ0) is 23.2. The number of nitrogens with one attached hydrogen (secondary N) is 1. The molecule has 168 valence electrons. The van der Waals surface area contributed by atoms with Crippen LogP contribution in [-0.4, -0.2) is 26.4 Å². The molecule has 0 aliphatic rings. The minimum Gasteiger partial charge on any atom is -0.325 e. The van der Waals surface area contributed by atoms with Gasteiger partial charge in [0.1, 0.15) is 5.82 Å². The van der Waals surface area contributed by atoms with Gasteiger partial charge in [0.05, 0.1) is 21.6 Å². The summed E-state index contributed by atoms with van der Waals surface area (Å²) in [4.78, 5) is 13.7. The molecule has 0 fully saturated rings. The zero-order valence-electron chi connectivity index (χ0n) is 17.7. The average molecular weight is 515 g/mol. The summed E-state index contributed by atoms with van der Waals surface area (Å²) >= 11 is 15.0. The van der Waals surface area contributed by atoms with Crippen LogP contribution < -0.4 is 5.32 Å². The van der Waals surface area contributed by atoms with Gasteiger partial charge in [-0.25, -0.2) is 0 Å². The molecule has 0 atom stereocenters. The van der Waals surface area contributed by atoms with Gasteiger partial charge < -0.3 is 5.32 Å². The van der Waals surface area contributed by atoms with Crippen LogP contribution >= 0.6 is 46.7 Å². The summed E-state index contributed by atoms with van der Waals surface area (Å²) in [7, 11) is 0. The molecule has 1 amide bonds. The largest absolute Gasteiger partial charge is 0.325 e. The first-order chi connectivity index (χ1) is 16.0. The van der Waals surface area contributed by atoms with E-state index in [1.54, 1.807) is 30.0 Å². The number of aromatic nitrogens is 3. The van der Waals surface area contributed by atoms with Crippen molar-refractivity contribution in [2.24, 2.45) is 0 Å². The molecule has 3 aromatic carbocycles. The fraction of sp³-hybridized carbons (Fsp3) is 0.125. The van der Waals surface area contributed by atoms with Crippen molar-refractivity contribution >= 4 is 58.3 Å². The molecule has 0 bridgehead atoms. The van der Waals surface area contributed by atoms with Gasteiger partial charge in [-0.1, -0.05) is 70.9 Å². The Kier molecular flexibility index (Phi) is 7.98. The first-order valence-corrected chi connectivity index (χ1v) is 12.8. The molecule has 0 spiro atoms. The second kappa shape index (κ2) is 11.1. The molecule has 33 heavy (non-hydrogen) atoms. The third-order valence-electron chi connectivity index (χ3n) is 4.64. The molecule has 0 saturated heterocycles. The van der Waals surface area contributed by atoms with E-state index >= 15 is 0 Å². The molecule has 0 saturated carbocycles. The standard InChI is InChI=1S/C24H20Cl2N4OS2/c1-16-7-10-19(11-8-16)32-14-22-28-29-24(30(22)18-5-3-2-4-6-18)33-15-23(31)27-17-9-12-20(25)21(26)13-17/h2-13H,14-15H2,1H3,(H,27,31). The lowest BCUT2D eigenvalue weighted by molar-refractivity contribution is -0.113. The van der Waals surface area contributed by atoms with Crippen molar-refractivity contribution in [3.05, 3.63) is 94.2 Å². The summed E-state index contributed by atoms with van der Waals surface area (Å²) in [6.07, 6.45) is 0. The maximum atomic E-state index is 12.5. The molecule has 4 aromatic rings.